The number of nitrogens with zero attached hydrogens (tertiary/aromatic N) is 1. The lowest BCUT2D eigenvalue weighted by Gasteiger charge is -2.29. The number of carbonyl (C=O) groups excluding carboxylic acids is 2. The van der Waals surface area contributed by atoms with Crippen molar-refractivity contribution in [1.29, 1.82) is 0 Å². The van der Waals surface area contributed by atoms with Crippen molar-refractivity contribution in [3.8, 4) is 0 Å². The normalized spacial score (nSPS) is 18.5. The molecule has 1 fully saturated rings. The first-order valence-electron chi connectivity index (χ1n) is 13.1. The molecule has 35 heavy (non-hydrogen) atoms. The zero-order chi connectivity index (χ0) is 24.6. The van der Waals surface area contributed by atoms with Crippen LogP contribution in [0.2, 0.25) is 0 Å². The molecule has 0 radical (unpaired) electrons. The Morgan fingerprint density at radius 2 is 1.31 bits per heavy atom. The number of rotatable bonds is 11. The van der Waals surface area contributed by atoms with Crippen molar-refractivity contribution < 1.29 is 9.59 Å². The van der Waals surface area contributed by atoms with E-state index >= 15 is 0 Å². The first kappa shape index (κ1) is 24.9. The lowest BCUT2D eigenvalue weighted by Crippen LogP contribution is -2.33. The molecular weight excluding hydrogens is 430 g/mol. The summed E-state index contributed by atoms with van der Waals surface area (Å²) in [4.78, 5) is 27.9. The zero-order valence-corrected chi connectivity index (χ0v) is 21.0. The molecule has 3 nitrogen and oxygen atoms in total. The van der Waals surface area contributed by atoms with Gasteiger partial charge in [-0.2, -0.15) is 0 Å². The summed E-state index contributed by atoms with van der Waals surface area (Å²) in [6.45, 7) is 4.92. The maximum atomic E-state index is 13.5. The van der Waals surface area contributed by atoms with Crippen molar-refractivity contribution in [1.82, 2.24) is 4.90 Å². The lowest BCUT2D eigenvalue weighted by atomic mass is 9.74. The minimum Gasteiger partial charge on any atom is -0.282 e. The van der Waals surface area contributed by atoms with Crippen molar-refractivity contribution in [3.63, 3.8) is 0 Å². The van der Waals surface area contributed by atoms with Crippen LogP contribution in [0.1, 0.15) is 80.4 Å². The number of likely N-dealkylation sites (tertiary alicyclic amines) is 1. The second kappa shape index (κ2) is 12.0. The highest BCUT2D eigenvalue weighted by Crippen LogP contribution is 2.43. The molecule has 0 spiro atoms. The fourth-order valence-electron chi connectivity index (χ4n) is 5.55. The monoisotopic (exact) mass is 467 g/mol. The summed E-state index contributed by atoms with van der Waals surface area (Å²) in [7, 11) is 0. The van der Waals surface area contributed by atoms with Crippen molar-refractivity contribution in [2.75, 3.05) is 6.54 Å². The Hall–Kier alpha value is -3.20. The third kappa shape index (κ3) is 6.08. The molecule has 3 aromatic rings. The Morgan fingerprint density at radius 3 is 1.89 bits per heavy atom. The minimum atomic E-state index is -0.292. The van der Waals surface area contributed by atoms with Crippen LogP contribution < -0.4 is 0 Å². The van der Waals surface area contributed by atoms with Crippen molar-refractivity contribution in [2.45, 2.75) is 63.7 Å². The van der Waals surface area contributed by atoms with E-state index in [1.807, 2.05) is 18.2 Å². The summed E-state index contributed by atoms with van der Waals surface area (Å²) in [5.74, 6) is 0.389. The smallest absolute Gasteiger partial charge is 0.233 e. The zero-order valence-electron chi connectivity index (χ0n) is 21.0. The van der Waals surface area contributed by atoms with Gasteiger partial charge in [-0.05, 0) is 53.7 Å². The standard InChI is InChI=1S/C32H37NO2/c1-3-4-20-33-31(34)23-30(32(33)35)29(27-18-12-7-13-19-27)22-28(26-16-10-6-11-17-26)21-24(2)25-14-8-5-9-15-25/h5-19,24,28-30H,3-4,20-23H2,1-2H3. The van der Waals surface area contributed by atoms with E-state index in [1.54, 1.807) is 0 Å². The van der Waals surface area contributed by atoms with Gasteiger partial charge >= 0.3 is 0 Å². The first-order valence-corrected chi connectivity index (χ1v) is 13.1. The van der Waals surface area contributed by atoms with Crippen LogP contribution in [-0.2, 0) is 9.59 Å². The van der Waals surface area contributed by atoms with Crippen LogP contribution in [-0.4, -0.2) is 23.3 Å². The molecule has 1 saturated heterocycles. The van der Waals surface area contributed by atoms with Gasteiger partial charge in [0.05, 0.1) is 5.92 Å². The van der Waals surface area contributed by atoms with Crippen LogP contribution in [0.15, 0.2) is 91.0 Å². The Balaban J connectivity index is 1.65. The molecule has 0 aromatic heterocycles. The van der Waals surface area contributed by atoms with Crippen LogP contribution in [0, 0.1) is 5.92 Å². The van der Waals surface area contributed by atoms with Gasteiger partial charge in [0.15, 0.2) is 0 Å². The Kier molecular flexibility index (Phi) is 8.52. The summed E-state index contributed by atoms with van der Waals surface area (Å²) in [6, 6.07) is 31.7. The van der Waals surface area contributed by atoms with Gasteiger partial charge in [-0.15, -0.1) is 0 Å². The topological polar surface area (TPSA) is 37.4 Å². The first-order chi connectivity index (χ1) is 17.1. The van der Waals surface area contributed by atoms with Gasteiger partial charge in [-0.25, -0.2) is 0 Å². The van der Waals surface area contributed by atoms with Gasteiger partial charge < -0.3 is 0 Å². The van der Waals surface area contributed by atoms with Crippen LogP contribution in [0.5, 0.6) is 0 Å². The maximum Gasteiger partial charge on any atom is 0.233 e. The third-order valence-electron chi connectivity index (χ3n) is 7.54. The molecule has 0 saturated carbocycles. The van der Waals surface area contributed by atoms with Crippen molar-refractivity contribution in [2.24, 2.45) is 5.92 Å². The van der Waals surface area contributed by atoms with Gasteiger partial charge in [0.1, 0.15) is 0 Å². The average molecular weight is 468 g/mol. The van der Waals surface area contributed by atoms with E-state index in [4.69, 9.17) is 0 Å². The van der Waals surface area contributed by atoms with E-state index < -0.39 is 0 Å². The minimum absolute atomic E-state index is 0.00690. The Labute approximate surface area is 210 Å². The quantitative estimate of drug-likeness (QED) is 0.277. The third-order valence-corrected chi connectivity index (χ3v) is 7.54. The van der Waals surface area contributed by atoms with Crippen molar-refractivity contribution in [3.05, 3.63) is 108 Å². The summed E-state index contributed by atoms with van der Waals surface area (Å²) in [6.07, 6.45) is 3.98. The van der Waals surface area contributed by atoms with E-state index in [2.05, 4.69) is 86.6 Å². The molecule has 4 atom stereocenters. The van der Waals surface area contributed by atoms with Gasteiger partial charge in [0, 0.05) is 13.0 Å². The fraction of sp³-hybridized carbons (Fsp3) is 0.375. The van der Waals surface area contributed by atoms with Gasteiger partial charge in [-0.1, -0.05) is 111 Å². The second-order valence-corrected chi connectivity index (χ2v) is 9.96. The Morgan fingerprint density at radius 1 is 0.771 bits per heavy atom. The molecule has 0 N–H and O–H groups in total. The van der Waals surface area contributed by atoms with Gasteiger partial charge in [0.2, 0.25) is 11.8 Å². The molecule has 1 heterocycles. The number of hydrogen-bond acceptors (Lipinski definition) is 2. The number of hydrogen-bond donors (Lipinski definition) is 0. The van der Waals surface area contributed by atoms with E-state index in [0.717, 1.165) is 31.2 Å². The summed E-state index contributed by atoms with van der Waals surface area (Å²) >= 11 is 0. The average Bonchev–Trinajstić information content (AvgIpc) is 3.19. The molecule has 182 valence electrons. The van der Waals surface area contributed by atoms with Crippen LogP contribution >= 0.6 is 0 Å². The molecule has 1 aliphatic rings. The maximum absolute atomic E-state index is 13.5. The molecule has 4 unspecified atom stereocenters. The van der Waals surface area contributed by atoms with Crippen LogP contribution in [0.4, 0.5) is 0 Å². The van der Waals surface area contributed by atoms with E-state index in [1.165, 1.54) is 16.0 Å². The summed E-state index contributed by atoms with van der Waals surface area (Å²) in [5, 5.41) is 0. The number of unbranched alkanes of at least 4 members (excludes halogenated alkanes) is 1. The highest BCUT2D eigenvalue weighted by Gasteiger charge is 2.43. The number of amides is 2. The van der Waals surface area contributed by atoms with Crippen LogP contribution in [0.3, 0.4) is 0 Å². The SMILES string of the molecule is CCCCN1C(=O)CC(C(CC(CC(C)c2ccccc2)c2ccccc2)c2ccccc2)C1=O. The van der Waals surface area contributed by atoms with E-state index in [-0.39, 0.29) is 29.6 Å². The van der Waals surface area contributed by atoms with Gasteiger partial charge in [-0.3, -0.25) is 14.5 Å². The number of imide groups is 1. The van der Waals surface area contributed by atoms with E-state index in [0.29, 0.717) is 18.9 Å². The summed E-state index contributed by atoms with van der Waals surface area (Å²) < 4.78 is 0. The number of benzene rings is 3. The fourth-order valence-corrected chi connectivity index (χ4v) is 5.55. The molecular formula is C32H37NO2. The van der Waals surface area contributed by atoms with Gasteiger partial charge in [0.25, 0.3) is 0 Å². The molecule has 3 aromatic carbocycles. The Bertz CT molecular complexity index is 1080. The molecule has 3 heteroatoms. The predicted molar refractivity (Wildman–Crippen MR) is 142 cm³/mol. The predicted octanol–water partition coefficient (Wildman–Crippen LogP) is 7.31. The molecule has 1 aliphatic heterocycles. The van der Waals surface area contributed by atoms with E-state index in [9.17, 15) is 9.59 Å². The highest BCUT2D eigenvalue weighted by molar-refractivity contribution is 6.04. The lowest BCUT2D eigenvalue weighted by molar-refractivity contribution is -0.139. The molecule has 4 rings (SSSR count). The highest BCUT2D eigenvalue weighted by atomic mass is 16.2. The summed E-state index contributed by atoms with van der Waals surface area (Å²) in [5.41, 5.74) is 3.79. The second-order valence-electron chi connectivity index (χ2n) is 9.96. The number of carbonyl (C=O) groups is 2. The molecule has 0 bridgehead atoms. The molecule has 0 aliphatic carbocycles. The van der Waals surface area contributed by atoms with Crippen LogP contribution in [0.25, 0.3) is 0 Å². The molecule has 2 amide bonds. The largest absolute Gasteiger partial charge is 0.282 e. The van der Waals surface area contributed by atoms with Crippen molar-refractivity contribution >= 4 is 11.8 Å².